The summed E-state index contributed by atoms with van der Waals surface area (Å²) in [5.41, 5.74) is 9.81. The maximum atomic E-state index is 10.1. The topological polar surface area (TPSA) is 147 Å². The minimum absolute atomic E-state index is 0.0213. The molecule has 0 fully saturated rings. The molecule has 1 atom stereocenters. The largest absolute Gasteiger partial charge is 0.480 e. The Labute approximate surface area is 68.5 Å². The zero-order valence-corrected chi connectivity index (χ0v) is 6.30. The number of rotatable bonds is 4. The first-order chi connectivity index (χ1) is 5.54. The molecule has 0 aliphatic heterocycles. The lowest BCUT2D eigenvalue weighted by atomic mass is 10.2. The molecule has 12 heavy (non-hydrogen) atoms. The van der Waals surface area contributed by atoms with Crippen LogP contribution in [0.15, 0.2) is 0 Å². The van der Waals surface area contributed by atoms with Crippen molar-refractivity contribution < 1.29 is 25.2 Å². The number of carbonyl (C=O) groups is 2. The van der Waals surface area contributed by atoms with Crippen LogP contribution in [0.5, 0.6) is 0 Å². The molecule has 7 N–H and O–H groups in total. The summed E-state index contributed by atoms with van der Waals surface area (Å²) in [7, 11) is 0. The molecule has 72 valence electrons. The molecule has 0 aliphatic rings. The van der Waals surface area contributed by atoms with Gasteiger partial charge in [-0.15, -0.1) is 0 Å². The van der Waals surface area contributed by atoms with E-state index in [2.05, 4.69) is 0 Å². The monoisotopic (exact) mass is 180 g/mol. The quantitative estimate of drug-likeness (QED) is 0.268. The van der Waals surface area contributed by atoms with Crippen molar-refractivity contribution in [3.8, 4) is 0 Å². The fourth-order valence-electron chi connectivity index (χ4n) is 0.421. The standard InChI is InChI=1S/C5H10N2O3.H2O2/c6-3(5(9)10)1-2-4(7)8;1-2/h3H,1-2,6H2,(H2,7,8)(H,9,10);1-2H/t3-;/m0./s1. The summed E-state index contributed by atoms with van der Waals surface area (Å²) in [5, 5.41) is 20.2. The normalized spacial score (nSPS) is 10.9. The molecule has 0 spiro atoms. The van der Waals surface area contributed by atoms with E-state index in [9.17, 15) is 9.59 Å². The molecule has 0 saturated heterocycles. The summed E-state index contributed by atoms with van der Waals surface area (Å²) < 4.78 is 0. The SMILES string of the molecule is NC(=O)CC[C@H](N)C(=O)O.OO. The summed E-state index contributed by atoms with van der Waals surface area (Å²) in [6.45, 7) is 0. The highest BCUT2D eigenvalue weighted by molar-refractivity contribution is 5.76. The second kappa shape index (κ2) is 7.92. The predicted octanol–water partition coefficient (Wildman–Crippen LogP) is -1.32. The van der Waals surface area contributed by atoms with Gasteiger partial charge in [0.2, 0.25) is 5.91 Å². The molecule has 7 heteroatoms. The zero-order valence-electron chi connectivity index (χ0n) is 6.30. The summed E-state index contributed by atoms with van der Waals surface area (Å²) >= 11 is 0. The Morgan fingerprint density at radius 2 is 1.75 bits per heavy atom. The van der Waals surface area contributed by atoms with Crippen molar-refractivity contribution in [3.63, 3.8) is 0 Å². The first kappa shape index (κ1) is 13.4. The Morgan fingerprint density at radius 3 is 2.00 bits per heavy atom. The Hall–Kier alpha value is -1.18. The van der Waals surface area contributed by atoms with Gasteiger partial charge in [0.05, 0.1) is 0 Å². The van der Waals surface area contributed by atoms with Crippen LogP contribution in [0.1, 0.15) is 12.8 Å². The van der Waals surface area contributed by atoms with Gasteiger partial charge >= 0.3 is 5.97 Å². The van der Waals surface area contributed by atoms with E-state index in [0.717, 1.165) is 0 Å². The fourth-order valence-corrected chi connectivity index (χ4v) is 0.421. The lowest BCUT2D eigenvalue weighted by Crippen LogP contribution is -2.31. The molecule has 1 amide bonds. The Morgan fingerprint density at radius 1 is 1.33 bits per heavy atom. The molecular weight excluding hydrogens is 168 g/mol. The summed E-state index contributed by atoms with van der Waals surface area (Å²) in [6, 6.07) is -0.979. The maximum Gasteiger partial charge on any atom is 0.320 e. The number of primary amides is 1. The summed E-state index contributed by atoms with van der Waals surface area (Å²) in [4.78, 5) is 20.1. The number of hydrogen-bond acceptors (Lipinski definition) is 5. The number of carbonyl (C=O) groups excluding carboxylic acids is 1. The van der Waals surface area contributed by atoms with Crippen LogP contribution < -0.4 is 11.5 Å². The third-order valence-electron chi connectivity index (χ3n) is 1.02. The van der Waals surface area contributed by atoms with Gasteiger partial charge in [-0.2, -0.15) is 0 Å². The van der Waals surface area contributed by atoms with Crippen LogP contribution in [0.3, 0.4) is 0 Å². The molecule has 0 radical (unpaired) electrons. The van der Waals surface area contributed by atoms with Gasteiger partial charge in [0.15, 0.2) is 0 Å². The van der Waals surface area contributed by atoms with Crippen molar-refractivity contribution in [1.82, 2.24) is 0 Å². The van der Waals surface area contributed by atoms with Crippen molar-refractivity contribution in [3.05, 3.63) is 0 Å². The van der Waals surface area contributed by atoms with E-state index >= 15 is 0 Å². The molecule has 0 aromatic carbocycles. The Bertz CT molecular complexity index is 149. The summed E-state index contributed by atoms with van der Waals surface area (Å²) in [5.74, 6) is -1.64. The highest BCUT2D eigenvalue weighted by Crippen LogP contribution is 1.92. The third-order valence-corrected chi connectivity index (χ3v) is 1.02. The molecule has 7 nitrogen and oxygen atoms in total. The molecule has 0 unspecified atom stereocenters. The minimum Gasteiger partial charge on any atom is -0.480 e. The first-order valence-electron chi connectivity index (χ1n) is 3.00. The maximum absolute atomic E-state index is 10.1. The van der Waals surface area contributed by atoms with Crippen molar-refractivity contribution in [2.75, 3.05) is 0 Å². The lowest BCUT2D eigenvalue weighted by Gasteiger charge is -2.01. The van der Waals surface area contributed by atoms with E-state index in [4.69, 9.17) is 27.1 Å². The van der Waals surface area contributed by atoms with Gasteiger partial charge in [0, 0.05) is 6.42 Å². The molecule has 0 rings (SSSR count). The third kappa shape index (κ3) is 8.82. The van der Waals surface area contributed by atoms with Crippen molar-refractivity contribution in [1.29, 1.82) is 0 Å². The number of hydrogen-bond donors (Lipinski definition) is 5. The van der Waals surface area contributed by atoms with Gasteiger partial charge < -0.3 is 16.6 Å². The van der Waals surface area contributed by atoms with E-state index in [1.165, 1.54) is 0 Å². The average Bonchev–Trinajstić information content (AvgIpc) is 2.03. The Kier molecular flexibility index (Phi) is 8.85. The van der Waals surface area contributed by atoms with E-state index in [1.807, 2.05) is 0 Å². The van der Waals surface area contributed by atoms with Crippen LogP contribution in [0.25, 0.3) is 0 Å². The molecule has 0 heterocycles. The molecule has 0 saturated carbocycles. The minimum atomic E-state index is -1.11. The van der Waals surface area contributed by atoms with Crippen molar-refractivity contribution >= 4 is 11.9 Å². The van der Waals surface area contributed by atoms with E-state index in [1.54, 1.807) is 0 Å². The van der Waals surface area contributed by atoms with Crippen LogP contribution in [0.4, 0.5) is 0 Å². The number of carboxylic acids is 1. The number of aliphatic carboxylic acids is 1. The molecule has 0 aliphatic carbocycles. The number of carboxylic acid groups (broad SMARTS) is 1. The van der Waals surface area contributed by atoms with Gasteiger partial charge in [-0.1, -0.05) is 0 Å². The molecule has 0 aromatic heterocycles. The van der Waals surface area contributed by atoms with Gasteiger partial charge in [-0.3, -0.25) is 20.1 Å². The summed E-state index contributed by atoms with van der Waals surface area (Å²) in [6.07, 6.45) is 0.123. The van der Waals surface area contributed by atoms with Crippen molar-refractivity contribution in [2.24, 2.45) is 11.5 Å². The number of amides is 1. The van der Waals surface area contributed by atoms with E-state index < -0.39 is 17.9 Å². The van der Waals surface area contributed by atoms with E-state index in [0.29, 0.717) is 0 Å². The van der Waals surface area contributed by atoms with Crippen LogP contribution >= 0.6 is 0 Å². The van der Waals surface area contributed by atoms with Gasteiger partial charge in [-0.25, -0.2) is 0 Å². The van der Waals surface area contributed by atoms with Crippen LogP contribution in [0.2, 0.25) is 0 Å². The van der Waals surface area contributed by atoms with Crippen LogP contribution in [-0.2, 0) is 9.59 Å². The zero-order chi connectivity index (χ0) is 10.1. The molecule has 0 aromatic rings. The smallest absolute Gasteiger partial charge is 0.320 e. The highest BCUT2D eigenvalue weighted by atomic mass is 17.0. The predicted molar refractivity (Wildman–Crippen MR) is 39.3 cm³/mol. The van der Waals surface area contributed by atoms with Gasteiger partial charge in [-0.05, 0) is 6.42 Å². The van der Waals surface area contributed by atoms with E-state index in [-0.39, 0.29) is 12.8 Å². The molecular formula is C5H12N2O5. The average molecular weight is 180 g/mol. The van der Waals surface area contributed by atoms with Gasteiger partial charge in [0.1, 0.15) is 6.04 Å². The second-order valence-electron chi connectivity index (χ2n) is 1.95. The molecule has 0 bridgehead atoms. The van der Waals surface area contributed by atoms with Crippen LogP contribution in [-0.4, -0.2) is 33.5 Å². The van der Waals surface area contributed by atoms with Gasteiger partial charge in [0.25, 0.3) is 0 Å². The fraction of sp³-hybridized carbons (Fsp3) is 0.600. The lowest BCUT2D eigenvalue weighted by molar-refractivity contribution is -0.176. The Balaban J connectivity index is 0. The second-order valence-corrected chi connectivity index (χ2v) is 1.95. The highest BCUT2D eigenvalue weighted by Gasteiger charge is 2.11. The van der Waals surface area contributed by atoms with Crippen molar-refractivity contribution in [2.45, 2.75) is 18.9 Å². The number of nitrogens with two attached hydrogens (primary N) is 2. The van der Waals surface area contributed by atoms with Crippen LogP contribution in [0, 0.1) is 0 Å². The first-order valence-corrected chi connectivity index (χ1v) is 3.00.